The van der Waals surface area contributed by atoms with E-state index < -0.39 is 0 Å². The van der Waals surface area contributed by atoms with E-state index in [-0.39, 0.29) is 0 Å². The van der Waals surface area contributed by atoms with Crippen molar-refractivity contribution in [1.82, 2.24) is 9.99 Å². The van der Waals surface area contributed by atoms with Gasteiger partial charge >= 0.3 is 0 Å². The van der Waals surface area contributed by atoms with Crippen LogP contribution in [-0.4, -0.2) is 29.1 Å². The highest BCUT2D eigenvalue weighted by molar-refractivity contribution is 7.78. The number of aryl methyl sites for hydroxylation is 2. The Hall–Kier alpha value is -1.16. The molecule has 4 heteroatoms. The SMILES string of the molecule is Cc1ccc2c(n1)CCCN2N(C)C=S. The molecular weight excluding hydrogens is 206 g/mol. The van der Waals surface area contributed by atoms with Gasteiger partial charge in [0.1, 0.15) is 0 Å². The molecule has 0 N–H and O–H groups in total. The molecule has 2 heterocycles. The lowest BCUT2D eigenvalue weighted by molar-refractivity contribution is 0.449. The molecule has 15 heavy (non-hydrogen) atoms. The van der Waals surface area contributed by atoms with Gasteiger partial charge in [-0.05, 0) is 31.9 Å². The molecule has 1 aliphatic rings. The third-order valence-electron chi connectivity index (χ3n) is 2.68. The van der Waals surface area contributed by atoms with E-state index in [1.54, 1.807) is 5.49 Å². The van der Waals surface area contributed by atoms with Crippen LogP contribution in [-0.2, 0) is 6.42 Å². The average Bonchev–Trinajstić information content (AvgIpc) is 2.26. The number of hydrogen-bond donors (Lipinski definition) is 0. The highest BCUT2D eigenvalue weighted by Crippen LogP contribution is 2.26. The Bertz CT molecular complexity index is 378. The van der Waals surface area contributed by atoms with Gasteiger partial charge in [-0.1, -0.05) is 12.2 Å². The Balaban J connectivity index is 2.38. The van der Waals surface area contributed by atoms with Gasteiger partial charge in [0.2, 0.25) is 0 Å². The molecule has 0 aliphatic carbocycles. The van der Waals surface area contributed by atoms with Gasteiger partial charge in [-0.2, -0.15) is 0 Å². The summed E-state index contributed by atoms with van der Waals surface area (Å²) in [6, 6.07) is 4.18. The van der Waals surface area contributed by atoms with E-state index >= 15 is 0 Å². The van der Waals surface area contributed by atoms with Gasteiger partial charge in [0.15, 0.2) is 0 Å². The van der Waals surface area contributed by atoms with Crippen molar-refractivity contribution in [3.63, 3.8) is 0 Å². The second-order valence-corrected chi connectivity index (χ2v) is 4.04. The Kier molecular flexibility index (Phi) is 2.86. The van der Waals surface area contributed by atoms with Gasteiger partial charge in [0, 0.05) is 19.3 Å². The van der Waals surface area contributed by atoms with Gasteiger partial charge in [0.05, 0.1) is 16.9 Å². The first kappa shape index (κ1) is 10.4. The molecule has 0 fully saturated rings. The number of rotatable bonds is 2. The lowest BCUT2D eigenvalue weighted by Crippen LogP contribution is -2.42. The molecule has 0 saturated carbocycles. The van der Waals surface area contributed by atoms with Gasteiger partial charge in [-0.15, -0.1) is 0 Å². The van der Waals surface area contributed by atoms with Crippen molar-refractivity contribution < 1.29 is 0 Å². The van der Waals surface area contributed by atoms with Crippen molar-refractivity contribution in [2.75, 3.05) is 18.6 Å². The van der Waals surface area contributed by atoms with Crippen LogP contribution in [0.3, 0.4) is 0 Å². The molecule has 0 aromatic carbocycles. The third kappa shape index (κ3) is 1.95. The topological polar surface area (TPSA) is 19.4 Å². The summed E-state index contributed by atoms with van der Waals surface area (Å²) in [4.78, 5) is 4.56. The summed E-state index contributed by atoms with van der Waals surface area (Å²) in [5, 5.41) is 4.13. The molecule has 1 aliphatic heterocycles. The zero-order valence-corrected chi connectivity index (χ0v) is 9.92. The molecule has 0 unspecified atom stereocenters. The highest BCUT2D eigenvalue weighted by Gasteiger charge is 2.19. The zero-order valence-electron chi connectivity index (χ0n) is 9.10. The molecule has 0 saturated heterocycles. The summed E-state index contributed by atoms with van der Waals surface area (Å²) >= 11 is 4.95. The minimum Gasteiger partial charge on any atom is -0.285 e. The number of anilines is 1. The quantitative estimate of drug-likeness (QED) is 0.711. The van der Waals surface area contributed by atoms with Crippen LogP contribution in [0.4, 0.5) is 5.69 Å². The van der Waals surface area contributed by atoms with Crippen molar-refractivity contribution in [1.29, 1.82) is 0 Å². The van der Waals surface area contributed by atoms with E-state index in [0.717, 1.165) is 25.1 Å². The molecule has 0 amide bonds. The summed E-state index contributed by atoms with van der Waals surface area (Å²) in [5.41, 5.74) is 5.12. The molecule has 0 atom stereocenters. The molecule has 80 valence electrons. The first-order chi connectivity index (χ1) is 7.22. The number of aromatic nitrogens is 1. The fraction of sp³-hybridized carbons (Fsp3) is 0.455. The smallest absolute Gasteiger partial charge is 0.0838 e. The lowest BCUT2D eigenvalue weighted by atomic mass is 10.1. The fourth-order valence-electron chi connectivity index (χ4n) is 1.92. The first-order valence-electron chi connectivity index (χ1n) is 5.14. The van der Waals surface area contributed by atoms with E-state index in [9.17, 15) is 0 Å². The van der Waals surface area contributed by atoms with Gasteiger partial charge < -0.3 is 0 Å². The number of hydrogen-bond acceptors (Lipinski definition) is 3. The van der Waals surface area contributed by atoms with Crippen LogP contribution in [0, 0.1) is 6.92 Å². The molecule has 0 radical (unpaired) electrons. The van der Waals surface area contributed by atoms with E-state index in [0.29, 0.717) is 0 Å². The van der Waals surface area contributed by atoms with Crippen molar-refractivity contribution in [2.45, 2.75) is 19.8 Å². The maximum Gasteiger partial charge on any atom is 0.0838 e. The van der Waals surface area contributed by atoms with Crippen LogP contribution in [0.25, 0.3) is 0 Å². The van der Waals surface area contributed by atoms with E-state index in [1.165, 1.54) is 11.4 Å². The highest BCUT2D eigenvalue weighted by atomic mass is 32.1. The van der Waals surface area contributed by atoms with Gasteiger partial charge in [-0.25, -0.2) is 0 Å². The maximum absolute atomic E-state index is 4.95. The van der Waals surface area contributed by atoms with E-state index in [1.807, 2.05) is 25.0 Å². The minimum atomic E-state index is 1.02. The van der Waals surface area contributed by atoms with Crippen molar-refractivity contribution in [3.8, 4) is 0 Å². The van der Waals surface area contributed by atoms with Crippen LogP contribution >= 0.6 is 12.2 Å². The summed E-state index contributed by atoms with van der Waals surface area (Å²) in [7, 11) is 1.97. The normalized spacial score (nSPS) is 14.7. The Morgan fingerprint density at radius 2 is 2.33 bits per heavy atom. The summed E-state index contributed by atoms with van der Waals surface area (Å²) in [5.74, 6) is 0. The predicted molar refractivity (Wildman–Crippen MR) is 66.1 cm³/mol. The largest absolute Gasteiger partial charge is 0.285 e. The molecule has 1 aromatic rings. The summed E-state index contributed by atoms with van der Waals surface area (Å²) in [6.07, 6.45) is 2.20. The van der Waals surface area contributed by atoms with Crippen molar-refractivity contribution in [2.24, 2.45) is 0 Å². The molecule has 0 spiro atoms. The van der Waals surface area contributed by atoms with Crippen LogP contribution in [0.5, 0.6) is 0 Å². The van der Waals surface area contributed by atoms with Gasteiger partial charge in [-0.3, -0.25) is 15.0 Å². The minimum absolute atomic E-state index is 1.02. The Morgan fingerprint density at radius 1 is 1.53 bits per heavy atom. The number of fused-ring (bicyclic) bond motifs is 1. The Labute approximate surface area is 95.7 Å². The number of nitrogens with zero attached hydrogens (tertiary/aromatic N) is 3. The molecule has 3 nitrogen and oxygen atoms in total. The molecular formula is C11H15N3S. The third-order valence-corrected chi connectivity index (χ3v) is 2.99. The summed E-state index contributed by atoms with van der Waals surface area (Å²) in [6.45, 7) is 3.05. The van der Waals surface area contributed by atoms with Gasteiger partial charge in [0.25, 0.3) is 0 Å². The molecule has 1 aromatic heterocycles. The number of hydrazine groups is 1. The molecule has 0 bridgehead atoms. The predicted octanol–water partition coefficient (Wildman–Crippen LogP) is 1.95. The van der Waals surface area contributed by atoms with E-state index in [2.05, 4.69) is 16.1 Å². The van der Waals surface area contributed by atoms with E-state index in [4.69, 9.17) is 12.2 Å². The number of thiocarbonyl (C=S) groups is 1. The van der Waals surface area contributed by atoms with Crippen LogP contribution in [0.15, 0.2) is 12.1 Å². The standard InChI is InChI=1S/C11H15N3S/c1-9-5-6-11-10(12-9)4-3-7-14(11)13(2)8-15/h5-6,8H,3-4,7H2,1-2H3. The summed E-state index contributed by atoms with van der Waals surface area (Å²) < 4.78 is 0. The molecule has 2 rings (SSSR count). The van der Waals surface area contributed by atoms with Crippen molar-refractivity contribution >= 4 is 23.4 Å². The van der Waals surface area contributed by atoms with Crippen LogP contribution < -0.4 is 5.01 Å². The van der Waals surface area contributed by atoms with Crippen LogP contribution in [0.1, 0.15) is 17.8 Å². The number of pyridine rings is 1. The first-order valence-corrected chi connectivity index (χ1v) is 5.61. The van der Waals surface area contributed by atoms with Crippen molar-refractivity contribution in [3.05, 3.63) is 23.5 Å². The maximum atomic E-state index is 4.95. The Morgan fingerprint density at radius 3 is 3.07 bits per heavy atom. The second kappa shape index (κ2) is 4.14. The van der Waals surface area contributed by atoms with Crippen LogP contribution in [0.2, 0.25) is 0 Å². The second-order valence-electron chi connectivity index (χ2n) is 3.82. The average molecular weight is 221 g/mol. The fourth-order valence-corrected chi connectivity index (χ4v) is 2.04. The zero-order chi connectivity index (χ0) is 10.8. The lowest BCUT2D eigenvalue weighted by Gasteiger charge is -2.36. The monoisotopic (exact) mass is 221 g/mol.